The largest absolute Gasteiger partial charge is 0.416 e. The number of ether oxygens (including phenoxy) is 1. The van der Waals surface area contributed by atoms with Gasteiger partial charge in [-0.15, -0.1) is 0 Å². The van der Waals surface area contributed by atoms with Crippen LogP contribution in [0.1, 0.15) is 23.3 Å². The highest BCUT2D eigenvalue weighted by atomic mass is 19.4. The zero-order chi connectivity index (χ0) is 18.9. The molecule has 2 N–H and O–H groups in total. The second kappa shape index (κ2) is 7.16. The first kappa shape index (κ1) is 17.7. The molecule has 0 radical (unpaired) electrons. The molecule has 1 aliphatic rings. The number of alkyl halides is 3. The lowest BCUT2D eigenvalue weighted by atomic mass is 10.1. The lowest BCUT2D eigenvalue weighted by Gasteiger charge is -2.33. The van der Waals surface area contributed by atoms with Gasteiger partial charge in [-0.3, -0.25) is 4.90 Å². The molecular formula is C18H18F3N5O. The molecule has 3 heterocycles. The fourth-order valence-electron chi connectivity index (χ4n) is 3.15. The summed E-state index contributed by atoms with van der Waals surface area (Å²) in [5.41, 5.74) is 0.648. The maximum absolute atomic E-state index is 12.7. The van der Waals surface area contributed by atoms with Gasteiger partial charge in [-0.25, -0.2) is 9.97 Å². The molecule has 27 heavy (non-hydrogen) atoms. The average molecular weight is 377 g/mol. The van der Waals surface area contributed by atoms with Gasteiger partial charge in [-0.05, 0) is 17.7 Å². The van der Waals surface area contributed by atoms with Crippen molar-refractivity contribution >= 4 is 0 Å². The van der Waals surface area contributed by atoms with Crippen LogP contribution in [0.15, 0.2) is 42.9 Å². The molecule has 9 heteroatoms. The third kappa shape index (κ3) is 3.88. The second-order valence-electron chi connectivity index (χ2n) is 6.35. The van der Waals surface area contributed by atoms with Gasteiger partial charge in [0, 0.05) is 18.9 Å². The molecular weight excluding hydrogens is 359 g/mol. The lowest BCUT2D eigenvalue weighted by molar-refractivity contribution is -0.137. The number of hydrogen-bond donors (Lipinski definition) is 2. The number of nitrogens with one attached hydrogen (secondary N) is 2. The highest BCUT2D eigenvalue weighted by Gasteiger charge is 2.30. The van der Waals surface area contributed by atoms with E-state index in [9.17, 15) is 13.2 Å². The van der Waals surface area contributed by atoms with E-state index in [0.717, 1.165) is 30.3 Å². The minimum absolute atomic E-state index is 0.0768. The zero-order valence-corrected chi connectivity index (χ0v) is 14.3. The normalized spacial score (nSPS) is 18.7. The van der Waals surface area contributed by atoms with Crippen LogP contribution in [0.5, 0.6) is 0 Å². The Morgan fingerprint density at radius 1 is 1.19 bits per heavy atom. The van der Waals surface area contributed by atoms with E-state index in [1.807, 2.05) is 0 Å². The summed E-state index contributed by atoms with van der Waals surface area (Å²) in [4.78, 5) is 17.2. The Bertz CT molecular complexity index is 873. The van der Waals surface area contributed by atoms with E-state index in [0.29, 0.717) is 31.0 Å². The van der Waals surface area contributed by atoms with E-state index in [1.54, 1.807) is 18.6 Å². The van der Waals surface area contributed by atoms with Gasteiger partial charge in [0.2, 0.25) is 0 Å². The minimum atomic E-state index is -4.34. The van der Waals surface area contributed by atoms with Crippen molar-refractivity contribution in [3.05, 3.63) is 60.1 Å². The molecule has 0 bridgehead atoms. The first-order valence-corrected chi connectivity index (χ1v) is 8.53. The molecule has 1 fully saturated rings. The summed E-state index contributed by atoms with van der Waals surface area (Å²) in [6.45, 7) is 2.49. The van der Waals surface area contributed by atoms with Crippen LogP contribution in [0.2, 0.25) is 0 Å². The number of nitrogens with zero attached hydrogens (tertiary/aromatic N) is 3. The van der Waals surface area contributed by atoms with Crippen LogP contribution in [0.25, 0.3) is 11.3 Å². The molecule has 1 saturated heterocycles. The fourth-order valence-corrected chi connectivity index (χ4v) is 3.15. The molecule has 0 spiro atoms. The van der Waals surface area contributed by atoms with Crippen LogP contribution in [-0.2, 0) is 17.5 Å². The van der Waals surface area contributed by atoms with Crippen molar-refractivity contribution in [2.45, 2.75) is 18.8 Å². The lowest BCUT2D eigenvalue weighted by Crippen LogP contribution is -2.39. The summed E-state index contributed by atoms with van der Waals surface area (Å²) >= 11 is 0. The number of hydrogen-bond acceptors (Lipinski definition) is 4. The Hall–Kier alpha value is -2.65. The average Bonchev–Trinajstić information content (AvgIpc) is 3.34. The van der Waals surface area contributed by atoms with E-state index in [-0.39, 0.29) is 6.04 Å². The van der Waals surface area contributed by atoms with Crippen molar-refractivity contribution in [3.8, 4) is 11.3 Å². The first-order chi connectivity index (χ1) is 13.0. The fraction of sp³-hybridized carbons (Fsp3) is 0.333. The van der Waals surface area contributed by atoms with E-state index in [1.165, 1.54) is 12.1 Å². The van der Waals surface area contributed by atoms with Gasteiger partial charge in [0.05, 0.1) is 43.3 Å². The molecule has 0 saturated carbocycles. The topological polar surface area (TPSA) is 69.8 Å². The monoisotopic (exact) mass is 377 g/mol. The van der Waals surface area contributed by atoms with Gasteiger partial charge in [-0.2, -0.15) is 13.2 Å². The van der Waals surface area contributed by atoms with Gasteiger partial charge < -0.3 is 14.7 Å². The molecule has 0 amide bonds. The van der Waals surface area contributed by atoms with E-state index in [4.69, 9.17) is 4.74 Å². The van der Waals surface area contributed by atoms with Gasteiger partial charge in [0.25, 0.3) is 0 Å². The number of aromatic amines is 2. The molecule has 6 nitrogen and oxygen atoms in total. The number of halogens is 3. The van der Waals surface area contributed by atoms with E-state index in [2.05, 4.69) is 24.8 Å². The molecule has 142 valence electrons. The Labute approximate surface area is 153 Å². The number of morpholine rings is 1. The highest BCUT2D eigenvalue weighted by molar-refractivity contribution is 5.59. The number of benzene rings is 1. The maximum Gasteiger partial charge on any atom is 0.416 e. The summed E-state index contributed by atoms with van der Waals surface area (Å²) in [6.07, 6.45) is 0.780. The molecule has 1 aromatic carbocycles. The summed E-state index contributed by atoms with van der Waals surface area (Å²) in [6, 6.07) is 4.95. The predicted octanol–water partition coefficient (Wildman–Crippen LogP) is 3.39. The van der Waals surface area contributed by atoms with E-state index < -0.39 is 11.7 Å². The Morgan fingerprint density at radius 3 is 2.70 bits per heavy atom. The third-order valence-corrected chi connectivity index (χ3v) is 4.58. The SMILES string of the molecule is FC(F)(F)c1ccc(-c2cnc(C3COCCN3Cc3ncc[nH]3)[nH]2)cc1. The Balaban J connectivity index is 1.53. The summed E-state index contributed by atoms with van der Waals surface area (Å²) in [7, 11) is 0. The Kier molecular flexibility index (Phi) is 4.71. The highest BCUT2D eigenvalue weighted by Crippen LogP contribution is 2.31. The standard InChI is InChI=1S/C18H18F3N5O/c19-18(20,21)13-3-1-12(2-4-13)14-9-24-17(25-14)15-11-27-8-7-26(15)10-16-22-5-6-23-16/h1-6,9,15H,7-8,10-11H2,(H,22,23)(H,24,25). The van der Waals surface area contributed by atoms with Crippen LogP contribution >= 0.6 is 0 Å². The molecule has 1 atom stereocenters. The van der Waals surface area contributed by atoms with Gasteiger partial charge in [0.15, 0.2) is 0 Å². The molecule has 2 aromatic heterocycles. The number of H-pyrrole nitrogens is 2. The van der Waals surface area contributed by atoms with Crippen LogP contribution < -0.4 is 0 Å². The third-order valence-electron chi connectivity index (χ3n) is 4.58. The Morgan fingerprint density at radius 2 is 2.00 bits per heavy atom. The maximum atomic E-state index is 12.7. The number of aromatic nitrogens is 4. The first-order valence-electron chi connectivity index (χ1n) is 8.53. The molecule has 1 aliphatic heterocycles. The number of rotatable bonds is 4. The zero-order valence-electron chi connectivity index (χ0n) is 14.3. The molecule has 0 aliphatic carbocycles. The summed E-state index contributed by atoms with van der Waals surface area (Å²) in [5, 5.41) is 0. The van der Waals surface area contributed by atoms with Crippen LogP contribution in [0.4, 0.5) is 13.2 Å². The van der Waals surface area contributed by atoms with Crippen molar-refractivity contribution in [2.75, 3.05) is 19.8 Å². The van der Waals surface area contributed by atoms with Crippen molar-refractivity contribution in [1.82, 2.24) is 24.8 Å². The second-order valence-corrected chi connectivity index (χ2v) is 6.35. The van der Waals surface area contributed by atoms with E-state index >= 15 is 0 Å². The quantitative estimate of drug-likeness (QED) is 0.731. The summed E-state index contributed by atoms with van der Waals surface area (Å²) < 4.78 is 43.8. The van der Waals surface area contributed by atoms with Crippen molar-refractivity contribution in [3.63, 3.8) is 0 Å². The van der Waals surface area contributed by atoms with Crippen LogP contribution in [-0.4, -0.2) is 44.6 Å². The van der Waals surface area contributed by atoms with Crippen LogP contribution in [0.3, 0.4) is 0 Å². The van der Waals surface area contributed by atoms with Crippen molar-refractivity contribution in [1.29, 1.82) is 0 Å². The van der Waals surface area contributed by atoms with Gasteiger partial charge >= 0.3 is 6.18 Å². The van der Waals surface area contributed by atoms with Crippen molar-refractivity contribution in [2.24, 2.45) is 0 Å². The summed E-state index contributed by atoms with van der Waals surface area (Å²) in [5.74, 6) is 1.58. The number of imidazole rings is 2. The van der Waals surface area contributed by atoms with Gasteiger partial charge in [-0.1, -0.05) is 12.1 Å². The van der Waals surface area contributed by atoms with Crippen molar-refractivity contribution < 1.29 is 17.9 Å². The smallest absolute Gasteiger partial charge is 0.378 e. The minimum Gasteiger partial charge on any atom is -0.378 e. The van der Waals surface area contributed by atoms with Crippen LogP contribution in [0, 0.1) is 0 Å². The molecule has 4 rings (SSSR count). The molecule has 3 aromatic rings. The predicted molar refractivity (Wildman–Crippen MR) is 91.6 cm³/mol. The molecule has 1 unspecified atom stereocenters. The van der Waals surface area contributed by atoms with Gasteiger partial charge in [0.1, 0.15) is 11.6 Å².